The molecule has 122 valence electrons. The largest absolute Gasteiger partial charge is 0.345 e. The molecule has 5 heteroatoms. The normalized spacial score (nSPS) is 15.0. The topological polar surface area (TPSA) is 36.4 Å². The number of carbonyl (C=O) groups excluding carboxylic acids is 1. The zero-order chi connectivity index (χ0) is 16.1. The quantitative estimate of drug-likeness (QED) is 0.846. The van der Waals surface area contributed by atoms with Crippen molar-refractivity contribution in [2.75, 3.05) is 31.1 Å². The lowest BCUT2D eigenvalue weighted by molar-refractivity contribution is -0.131. The van der Waals surface area contributed by atoms with Crippen molar-refractivity contribution in [1.29, 1.82) is 0 Å². The van der Waals surface area contributed by atoms with Crippen molar-refractivity contribution in [3.05, 3.63) is 47.0 Å². The van der Waals surface area contributed by atoms with Gasteiger partial charge in [0.2, 0.25) is 5.91 Å². The van der Waals surface area contributed by atoms with Crippen LogP contribution in [0.5, 0.6) is 0 Å². The summed E-state index contributed by atoms with van der Waals surface area (Å²) in [4.78, 5) is 21.0. The zero-order valence-electron chi connectivity index (χ0n) is 13.6. The third-order valence-corrected chi connectivity index (χ3v) is 5.18. The molecule has 0 radical (unpaired) electrons. The molecule has 0 N–H and O–H groups in total. The van der Waals surface area contributed by atoms with Gasteiger partial charge in [0.25, 0.3) is 0 Å². The first-order valence-electron chi connectivity index (χ1n) is 8.26. The number of rotatable bonds is 5. The molecule has 1 fully saturated rings. The van der Waals surface area contributed by atoms with Crippen molar-refractivity contribution in [3.8, 4) is 0 Å². The third kappa shape index (κ3) is 4.10. The number of nitrogens with zero attached hydrogens (tertiary/aromatic N) is 3. The van der Waals surface area contributed by atoms with Crippen molar-refractivity contribution >= 4 is 22.4 Å². The summed E-state index contributed by atoms with van der Waals surface area (Å²) in [5, 5.41) is 3.06. The first-order valence-corrected chi connectivity index (χ1v) is 9.14. The lowest BCUT2D eigenvalue weighted by Gasteiger charge is -2.34. The molecule has 0 saturated carbocycles. The van der Waals surface area contributed by atoms with Crippen molar-refractivity contribution in [3.63, 3.8) is 0 Å². The molecule has 0 unspecified atom stereocenters. The minimum atomic E-state index is 0.269. The van der Waals surface area contributed by atoms with Gasteiger partial charge in [0, 0.05) is 44.2 Å². The number of aromatic nitrogens is 1. The van der Waals surface area contributed by atoms with Crippen LogP contribution in [0.15, 0.2) is 35.8 Å². The Morgan fingerprint density at radius 2 is 2.00 bits per heavy atom. The fourth-order valence-electron chi connectivity index (χ4n) is 2.93. The van der Waals surface area contributed by atoms with E-state index in [1.807, 2.05) is 16.5 Å². The van der Waals surface area contributed by atoms with Crippen molar-refractivity contribution in [2.24, 2.45) is 0 Å². The second-order valence-electron chi connectivity index (χ2n) is 5.86. The highest BCUT2D eigenvalue weighted by molar-refractivity contribution is 7.13. The lowest BCUT2D eigenvalue weighted by Crippen LogP contribution is -2.48. The van der Waals surface area contributed by atoms with Gasteiger partial charge in [0.05, 0.1) is 0 Å². The van der Waals surface area contributed by atoms with Gasteiger partial charge >= 0.3 is 0 Å². The van der Waals surface area contributed by atoms with E-state index in [1.165, 1.54) is 11.1 Å². The summed E-state index contributed by atoms with van der Waals surface area (Å²) in [6.07, 6.45) is 4.31. The van der Waals surface area contributed by atoms with Gasteiger partial charge in [0.15, 0.2) is 5.13 Å². The molecule has 1 aliphatic heterocycles. The number of carbonyl (C=O) groups is 1. The Kier molecular flexibility index (Phi) is 5.28. The smallest absolute Gasteiger partial charge is 0.223 e. The molecule has 23 heavy (non-hydrogen) atoms. The number of hydrogen-bond donors (Lipinski definition) is 0. The molecule has 0 aliphatic carbocycles. The minimum Gasteiger partial charge on any atom is -0.345 e. The molecule has 0 bridgehead atoms. The van der Waals surface area contributed by atoms with Crippen molar-refractivity contribution in [1.82, 2.24) is 9.88 Å². The Hall–Kier alpha value is -1.88. The van der Waals surface area contributed by atoms with E-state index in [9.17, 15) is 4.79 Å². The van der Waals surface area contributed by atoms with E-state index in [4.69, 9.17) is 0 Å². The van der Waals surface area contributed by atoms with Gasteiger partial charge in [-0.2, -0.15) is 0 Å². The SMILES string of the molecule is CCc1cccc(CCC(=O)N2CCN(c3nccs3)CC2)c1. The van der Waals surface area contributed by atoms with Gasteiger partial charge in [-0.1, -0.05) is 31.2 Å². The molecule has 0 atom stereocenters. The predicted octanol–water partition coefficient (Wildman–Crippen LogP) is 2.99. The van der Waals surface area contributed by atoms with Crippen molar-refractivity contribution < 1.29 is 4.79 Å². The van der Waals surface area contributed by atoms with Crippen LogP contribution in [0.3, 0.4) is 0 Å². The Bertz CT molecular complexity index is 633. The van der Waals surface area contributed by atoms with Gasteiger partial charge < -0.3 is 9.80 Å². The van der Waals surface area contributed by atoms with Crippen molar-refractivity contribution in [2.45, 2.75) is 26.2 Å². The molecule has 2 aromatic rings. The summed E-state index contributed by atoms with van der Waals surface area (Å²) >= 11 is 1.66. The Labute approximate surface area is 141 Å². The van der Waals surface area contributed by atoms with Crippen LogP contribution >= 0.6 is 11.3 Å². The van der Waals surface area contributed by atoms with Gasteiger partial charge in [-0.05, 0) is 24.0 Å². The van der Waals surface area contributed by atoms with E-state index in [0.717, 1.165) is 44.2 Å². The second-order valence-corrected chi connectivity index (χ2v) is 6.73. The molecule has 1 aromatic heterocycles. The highest BCUT2D eigenvalue weighted by Gasteiger charge is 2.21. The molecule has 1 amide bonds. The Morgan fingerprint density at radius 3 is 2.70 bits per heavy atom. The van der Waals surface area contributed by atoms with Crippen LogP contribution in [0.4, 0.5) is 5.13 Å². The Morgan fingerprint density at radius 1 is 1.22 bits per heavy atom. The molecular formula is C18H23N3OS. The van der Waals surface area contributed by atoms with Gasteiger partial charge in [-0.3, -0.25) is 4.79 Å². The number of piperazine rings is 1. The van der Waals surface area contributed by atoms with Crippen LogP contribution in [-0.4, -0.2) is 42.0 Å². The highest BCUT2D eigenvalue weighted by atomic mass is 32.1. The summed E-state index contributed by atoms with van der Waals surface area (Å²) in [6, 6.07) is 8.56. The summed E-state index contributed by atoms with van der Waals surface area (Å²) in [5.74, 6) is 0.269. The van der Waals surface area contributed by atoms with Crippen LogP contribution in [0.25, 0.3) is 0 Å². The van der Waals surface area contributed by atoms with Crippen LogP contribution in [0.2, 0.25) is 0 Å². The van der Waals surface area contributed by atoms with E-state index in [2.05, 4.69) is 41.1 Å². The maximum absolute atomic E-state index is 12.4. The van der Waals surface area contributed by atoms with E-state index in [1.54, 1.807) is 11.3 Å². The Balaban J connectivity index is 1.48. The number of thiazole rings is 1. The first kappa shape index (κ1) is 16.0. The van der Waals surface area contributed by atoms with Crippen LogP contribution in [-0.2, 0) is 17.6 Å². The predicted molar refractivity (Wildman–Crippen MR) is 95.0 cm³/mol. The second kappa shape index (κ2) is 7.59. The zero-order valence-corrected chi connectivity index (χ0v) is 14.4. The fraction of sp³-hybridized carbons (Fsp3) is 0.444. The molecule has 0 spiro atoms. The molecule has 4 nitrogen and oxygen atoms in total. The van der Waals surface area contributed by atoms with E-state index >= 15 is 0 Å². The summed E-state index contributed by atoms with van der Waals surface area (Å²) in [6.45, 7) is 5.52. The van der Waals surface area contributed by atoms with E-state index in [-0.39, 0.29) is 5.91 Å². The number of benzene rings is 1. The van der Waals surface area contributed by atoms with Gasteiger partial charge in [0.1, 0.15) is 0 Å². The number of aryl methyl sites for hydroxylation is 2. The molecule has 1 saturated heterocycles. The number of amides is 1. The number of anilines is 1. The van der Waals surface area contributed by atoms with Crippen LogP contribution in [0, 0.1) is 0 Å². The standard InChI is InChI=1S/C18H23N3OS/c1-2-15-4-3-5-16(14-15)6-7-17(22)20-9-11-21(12-10-20)18-19-8-13-23-18/h3-5,8,13-14H,2,6-7,9-12H2,1H3. The van der Waals surface area contributed by atoms with Gasteiger partial charge in [-0.25, -0.2) is 4.98 Å². The minimum absolute atomic E-state index is 0.269. The average Bonchev–Trinajstić information content (AvgIpc) is 3.14. The van der Waals surface area contributed by atoms with Crippen LogP contribution < -0.4 is 4.90 Å². The molecule has 1 aliphatic rings. The summed E-state index contributed by atoms with van der Waals surface area (Å²) in [7, 11) is 0. The monoisotopic (exact) mass is 329 g/mol. The third-order valence-electron chi connectivity index (χ3n) is 4.35. The summed E-state index contributed by atoms with van der Waals surface area (Å²) in [5.41, 5.74) is 2.60. The molecule has 3 rings (SSSR count). The fourth-order valence-corrected chi connectivity index (χ4v) is 3.63. The number of hydrogen-bond acceptors (Lipinski definition) is 4. The van der Waals surface area contributed by atoms with Gasteiger partial charge in [-0.15, -0.1) is 11.3 Å². The maximum Gasteiger partial charge on any atom is 0.223 e. The van der Waals surface area contributed by atoms with Crippen LogP contribution in [0.1, 0.15) is 24.5 Å². The van der Waals surface area contributed by atoms with E-state index in [0.29, 0.717) is 6.42 Å². The first-order chi connectivity index (χ1) is 11.3. The lowest BCUT2D eigenvalue weighted by atomic mass is 10.0. The highest BCUT2D eigenvalue weighted by Crippen LogP contribution is 2.19. The summed E-state index contributed by atoms with van der Waals surface area (Å²) < 4.78 is 0. The molecule has 1 aromatic carbocycles. The van der Waals surface area contributed by atoms with E-state index < -0.39 is 0 Å². The average molecular weight is 329 g/mol. The molecule has 2 heterocycles. The molecular weight excluding hydrogens is 306 g/mol. The maximum atomic E-state index is 12.4.